The number of benzene rings is 3. The van der Waals surface area contributed by atoms with Crippen LogP contribution in [-0.4, -0.2) is 18.2 Å². The average molecular weight is 525 g/mol. The molecule has 0 unspecified atom stereocenters. The van der Waals surface area contributed by atoms with Crippen molar-refractivity contribution in [2.45, 2.75) is 47.1 Å². The van der Waals surface area contributed by atoms with Crippen LogP contribution in [0.25, 0.3) is 0 Å². The van der Waals surface area contributed by atoms with E-state index in [2.05, 4.69) is 143 Å². The summed E-state index contributed by atoms with van der Waals surface area (Å²) in [5.41, 5.74) is 2.54. The Kier molecular flexibility index (Phi) is 8.85. The molecule has 1 aliphatic carbocycles. The molecule has 0 amide bonds. The van der Waals surface area contributed by atoms with Gasteiger partial charge in [0.1, 0.15) is 0 Å². The fraction of sp³-hybridized carbons (Fsp3) is 0.286. The van der Waals surface area contributed by atoms with Gasteiger partial charge in [0.05, 0.1) is 0 Å². The number of carbonyl (C=O) groups excluding carboxylic acids is 1. The Morgan fingerprint density at radius 1 is 0.868 bits per heavy atom. The minimum atomic E-state index is -2.29. The van der Waals surface area contributed by atoms with Gasteiger partial charge in [-0.1, -0.05) is 0 Å². The molecule has 38 heavy (non-hydrogen) atoms. The zero-order valence-electron chi connectivity index (χ0n) is 23.4. The standard InChI is InChI=1S/C35H41O2P/c1-27(21-22-34-28(2)25-30(37-29(3)36)26-35(34,4)5)23-24-38(31-15-9-6-10-16-31,32-17-11-7-12-18-32)33-19-13-8-14-20-33/h6-23,25,30,34,38H,24,26H2,1-5H3/b22-21+,27-23+/t30-,34-/m0/s1. The summed E-state index contributed by atoms with van der Waals surface area (Å²) < 4.78 is 5.53. The first-order chi connectivity index (χ1) is 18.2. The van der Waals surface area contributed by atoms with E-state index in [0.717, 1.165) is 12.6 Å². The predicted octanol–water partition coefficient (Wildman–Crippen LogP) is 7.14. The fourth-order valence-corrected chi connectivity index (χ4v) is 10.7. The van der Waals surface area contributed by atoms with Crippen LogP contribution in [0.1, 0.15) is 41.0 Å². The van der Waals surface area contributed by atoms with Gasteiger partial charge in [-0.2, -0.15) is 0 Å². The van der Waals surface area contributed by atoms with Gasteiger partial charge in [0.2, 0.25) is 0 Å². The van der Waals surface area contributed by atoms with E-state index in [1.54, 1.807) is 0 Å². The van der Waals surface area contributed by atoms with Crippen molar-refractivity contribution >= 4 is 29.1 Å². The molecule has 1 aliphatic rings. The molecule has 3 heteroatoms. The second kappa shape index (κ2) is 12.1. The molecule has 0 radical (unpaired) electrons. The summed E-state index contributed by atoms with van der Waals surface area (Å²) in [5.74, 6) is 0.0857. The molecule has 0 saturated heterocycles. The van der Waals surface area contributed by atoms with Gasteiger partial charge in [-0.05, 0) is 0 Å². The van der Waals surface area contributed by atoms with E-state index in [1.807, 2.05) is 0 Å². The van der Waals surface area contributed by atoms with Crippen molar-refractivity contribution in [3.63, 3.8) is 0 Å². The normalized spacial score (nSPS) is 20.1. The molecule has 0 spiro atoms. The summed E-state index contributed by atoms with van der Waals surface area (Å²) in [6.45, 7) is 10.4. The second-order valence-electron chi connectivity index (χ2n) is 11.2. The second-order valence-corrected chi connectivity index (χ2v) is 15.2. The van der Waals surface area contributed by atoms with Crippen molar-refractivity contribution in [2.24, 2.45) is 11.3 Å². The summed E-state index contributed by atoms with van der Waals surface area (Å²) in [6, 6.07) is 33.2. The Labute approximate surface area is 229 Å². The minimum absolute atomic E-state index is 0.00630. The number of esters is 1. The van der Waals surface area contributed by atoms with E-state index < -0.39 is 7.26 Å². The Hall–Kier alpha value is -3.22. The molecule has 2 nitrogen and oxygen atoms in total. The fourth-order valence-electron chi connectivity index (χ4n) is 6.07. The van der Waals surface area contributed by atoms with Gasteiger partial charge in [0, 0.05) is 0 Å². The summed E-state index contributed by atoms with van der Waals surface area (Å²) in [6.07, 6.45) is 10.9. The topological polar surface area (TPSA) is 26.3 Å². The van der Waals surface area contributed by atoms with Crippen LogP contribution in [-0.2, 0) is 9.53 Å². The van der Waals surface area contributed by atoms with Gasteiger partial charge in [-0.15, -0.1) is 0 Å². The first kappa shape index (κ1) is 27.8. The number of hydrogen-bond donors (Lipinski definition) is 0. The third-order valence-electron chi connectivity index (χ3n) is 7.91. The average Bonchev–Trinajstić information content (AvgIpc) is 2.89. The van der Waals surface area contributed by atoms with Crippen LogP contribution in [0.4, 0.5) is 0 Å². The quantitative estimate of drug-likeness (QED) is 0.136. The Bertz CT molecular complexity index is 1210. The molecular weight excluding hydrogens is 483 g/mol. The third kappa shape index (κ3) is 6.25. The van der Waals surface area contributed by atoms with E-state index >= 15 is 0 Å². The number of carbonyl (C=O) groups is 1. The first-order valence-electron chi connectivity index (χ1n) is 13.6. The van der Waals surface area contributed by atoms with Gasteiger partial charge in [-0.3, -0.25) is 0 Å². The summed E-state index contributed by atoms with van der Waals surface area (Å²) in [7, 11) is -2.29. The number of hydrogen-bond acceptors (Lipinski definition) is 2. The van der Waals surface area contributed by atoms with Crippen LogP contribution < -0.4 is 15.9 Å². The van der Waals surface area contributed by atoms with E-state index in [-0.39, 0.29) is 17.5 Å². The Balaban J connectivity index is 1.69. The van der Waals surface area contributed by atoms with Crippen molar-refractivity contribution in [1.29, 1.82) is 0 Å². The van der Waals surface area contributed by atoms with E-state index in [9.17, 15) is 4.79 Å². The van der Waals surface area contributed by atoms with Crippen molar-refractivity contribution < 1.29 is 9.53 Å². The maximum absolute atomic E-state index is 11.5. The molecule has 2 atom stereocenters. The number of ether oxygens (including phenoxy) is 1. The molecule has 3 aromatic rings. The van der Waals surface area contributed by atoms with Crippen LogP contribution in [0.5, 0.6) is 0 Å². The first-order valence-corrected chi connectivity index (χ1v) is 15.8. The maximum atomic E-state index is 11.5. The molecule has 0 N–H and O–H groups in total. The molecule has 0 heterocycles. The molecular formula is C35H41O2P. The molecule has 3 aromatic carbocycles. The SMILES string of the molecule is CC(=O)O[C@H]1C=C(C)[C@H](/C=C/C(C)=C/C[PH](c2ccccc2)(c2ccccc2)c2ccccc2)C(C)(C)C1. The molecule has 0 aromatic heterocycles. The van der Waals surface area contributed by atoms with Crippen molar-refractivity contribution in [3.8, 4) is 0 Å². The Morgan fingerprint density at radius 3 is 1.76 bits per heavy atom. The van der Waals surface area contributed by atoms with Crippen molar-refractivity contribution in [3.05, 3.63) is 126 Å². The summed E-state index contributed by atoms with van der Waals surface area (Å²) in [4.78, 5) is 11.5. The van der Waals surface area contributed by atoms with Gasteiger partial charge in [0.25, 0.3) is 0 Å². The van der Waals surface area contributed by atoms with Gasteiger partial charge < -0.3 is 0 Å². The van der Waals surface area contributed by atoms with Crippen LogP contribution >= 0.6 is 7.26 Å². The number of rotatable bonds is 8. The summed E-state index contributed by atoms with van der Waals surface area (Å²) >= 11 is 0. The van der Waals surface area contributed by atoms with Crippen molar-refractivity contribution in [1.82, 2.24) is 0 Å². The third-order valence-corrected chi connectivity index (χ3v) is 12.7. The van der Waals surface area contributed by atoms with Crippen LogP contribution in [0.2, 0.25) is 0 Å². The number of allylic oxidation sites excluding steroid dienone is 5. The van der Waals surface area contributed by atoms with Crippen molar-refractivity contribution in [2.75, 3.05) is 6.16 Å². The van der Waals surface area contributed by atoms with Crippen LogP contribution in [0.3, 0.4) is 0 Å². The molecule has 0 fully saturated rings. The van der Waals surface area contributed by atoms with Gasteiger partial charge >= 0.3 is 230 Å². The van der Waals surface area contributed by atoms with E-state index in [1.165, 1.54) is 34.0 Å². The summed E-state index contributed by atoms with van der Waals surface area (Å²) in [5, 5.41) is 4.28. The molecule has 198 valence electrons. The van der Waals surface area contributed by atoms with E-state index in [4.69, 9.17) is 4.74 Å². The van der Waals surface area contributed by atoms with Crippen LogP contribution in [0, 0.1) is 11.3 Å². The molecule has 4 rings (SSSR count). The van der Waals surface area contributed by atoms with Gasteiger partial charge in [-0.25, -0.2) is 0 Å². The van der Waals surface area contributed by atoms with E-state index in [0.29, 0.717) is 5.92 Å². The van der Waals surface area contributed by atoms with Gasteiger partial charge in [0.15, 0.2) is 0 Å². The zero-order valence-corrected chi connectivity index (χ0v) is 24.4. The Morgan fingerprint density at radius 2 is 1.34 bits per heavy atom. The monoisotopic (exact) mass is 524 g/mol. The molecule has 0 saturated carbocycles. The zero-order chi connectivity index (χ0) is 27.2. The molecule has 0 bridgehead atoms. The van der Waals surface area contributed by atoms with Crippen LogP contribution in [0.15, 0.2) is 126 Å². The predicted molar refractivity (Wildman–Crippen MR) is 166 cm³/mol. The molecule has 0 aliphatic heterocycles.